The van der Waals surface area contributed by atoms with Gasteiger partial charge in [0.2, 0.25) is 0 Å². The summed E-state index contributed by atoms with van der Waals surface area (Å²) in [7, 11) is 0. The first-order valence-electron chi connectivity index (χ1n) is 5.38. The molecule has 0 saturated heterocycles. The molecule has 0 atom stereocenters. The van der Waals surface area contributed by atoms with Gasteiger partial charge < -0.3 is 4.57 Å². The summed E-state index contributed by atoms with van der Waals surface area (Å²) in [5, 5.41) is 8.92. The molecule has 2 heteroatoms. The highest BCUT2D eigenvalue weighted by atomic mass is 15.0. The first kappa shape index (κ1) is 9.33. The van der Waals surface area contributed by atoms with Crippen molar-refractivity contribution in [3.05, 3.63) is 24.0 Å². The number of nitrogens with zero attached hydrogens (tertiary/aromatic N) is 2. The number of nitriles is 1. The van der Waals surface area contributed by atoms with Crippen LogP contribution < -0.4 is 0 Å². The Morgan fingerprint density at radius 1 is 1.36 bits per heavy atom. The molecule has 0 aromatic carbocycles. The van der Waals surface area contributed by atoms with Gasteiger partial charge in [-0.3, -0.25) is 0 Å². The highest BCUT2D eigenvalue weighted by Crippen LogP contribution is 2.32. The average Bonchev–Trinajstić information content (AvgIpc) is 2.67. The fourth-order valence-corrected chi connectivity index (χ4v) is 2.33. The molecular weight excluding hydrogens is 172 g/mol. The van der Waals surface area contributed by atoms with Crippen LogP contribution in [0.1, 0.15) is 44.3 Å². The van der Waals surface area contributed by atoms with Gasteiger partial charge in [-0.1, -0.05) is 6.92 Å². The van der Waals surface area contributed by atoms with Crippen LogP contribution in [-0.2, 0) is 0 Å². The molecule has 1 fully saturated rings. The lowest BCUT2D eigenvalue weighted by molar-refractivity contribution is 0.289. The van der Waals surface area contributed by atoms with Gasteiger partial charge >= 0.3 is 0 Å². The molecule has 74 valence electrons. The summed E-state index contributed by atoms with van der Waals surface area (Å²) < 4.78 is 2.14. The second-order valence-electron chi connectivity index (χ2n) is 4.33. The Labute approximate surface area is 85.2 Å². The van der Waals surface area contributed by atoms with Gasteiger partial charge in [-0.05, 0) is 43.7 Å². The van der Waals surface area contributed by atoms with E-state index in [2.05, 4.69) is 17.6 Å². The molecule has 1 heterocycles. The van der Waals surface area contributed by atoms with Gasteiger partial charge in [0, 0.05) is 12.2 Å². The highest BCUT2D eigenvalue weighted by molar-refractivity contribution is 5.22. The Hall–Kier alpha value is -1.23. The standard InChI is InChI=1S/C12H16N2/c1-10-4-6-11(7-5-10)14-8-2-3-12(14)9-13/h2-3,8,10-11H,4-7H2,1H3. The second-order valence-corrected chi connectivity index (χ2v) is 4.33. The quantitative estimate of drug-likeness (QED) is 0.665. The minimum Gasteiger partial charge on any atom is -0.336 e. The normalized spacial score (nSPS) is 27.1. The van der Waals surface area contributed by atoms with E-state index < -0.39 is 0 Å². The molecule has 0 spiro atoms. The molecule has 0 N–H and O–H groups in total. The summed E-state index contributed by atoms with van der Waals surface area (Å²) in [5.74, 6) is 0.868. The molecule has 2 rings (SSSR count). The molecule has 0 radical (unpaired) electrons. The maximum Gasteiger partial charge on any atom is 0.120 e. The van der Waals surface area contributed by atoms with Crippen molar-refractivity contribution in [2.24, 2.45) is 5.92 Å². The third-order valence-corrected chi connectivity index (χ3v) is 3.27. The fraction of sp³-hybridized carbons (Fsp3) is 0.583. The highest BCUT2D eigenvalue weighted by Gasteiger charge is 2.20. The van der Waals surface area contributed by atoms with E-state index in [4.69, 9.17) is 5.26 Å². The van der Waals surface area contributed by atoms with Gasteiger partial charge in [0.25, 0.3) is 0 Å². The van der Waals surface area contributed by atoms with Crippen molar-refractivity contribution in [1.82, 2.24) is 4.57 Å². The summed E-state index contributed by atoms with van der Waals surface area (Å²) in [6.07, 6.45) is 7.09. The van der Waals surface area contributed by atoms with E-state index in [1.165, 1.54) is 25.7 Å². The van der Waals surface area contributed by atoms with E-state index in [9.17, 15) is 0 Å². The third kappa shape index (κ3) is 1.68. The smallest absolute Gasteiger partial charge is 0.120 e. The van der Waals surface area contributed by atoms with E-state index >= 15 is 0 Å². The van der Waals surface area contributed by atoms with Crippen molar-refractivity contribution < 1.29 is 0 Å². The van der Waals surface area contributed by atoms with E-state index in [1.807, 2.05) is 18.3 Å². The van der Waals surface area contributed by atoms with Crippen molar-refractivity contribution in [2.45, 2.75) is 38.6 Å². The van der Waals surface area contributed by atoms with Gasteiger partial charge in [0.1, 0.15) is 11.8 Å². The zero-order chi connectivity index (χ0) is 9.97. The molecule has 1 aromatic heterocycles. The second kappa shape index (κ2) is 3.88. The van der Waals surface area contributed by atoms with Crippen molar-refractivity contribution >= 4 is 0 Å². The zero-order valence-corrected chi connectivity index (χ0v) is 8.61. The summed E-state index contributed by atoms with van der Waals surface area (Å²) in [5.41, 5.74) is 0.810. The van der Waals surface area contributed by atoms with Crippen LogP contribution in [0.5, 0.6) is 0 Å². The predicted molar refractivity (Wildman–Crippen MR) is 55.8 cm³/mol. The van der Waals surface area contributed by atoms with Crippen LogP contribution in [0.4, 0.5) is 0 Å². The SMILES string of the molecule is CC1CCC(n2cccc2C#N)CC1. The monoisotopic (exact) mass is 188 g/mol. The first-order valence-corrected chi connectivity index (χ1v) is 5.38. The van der Waals surface area contributed by atoms with Gasteiger partial charge in [-0.25, -0.2) is 0 Å². The van der Waals surface area contributed by atoms with E-state index in [0.717, 1.165) is 11.6 Å². The molecule has 0 unspecified atom stereocenters. The maximum atomic E-state index is 8.92. The molecule has 1 aromatic rings. The molecule has 1 saturated carbocycles. The molecule has 2 nitrogen and oxygen atoms in total. The minimum atomic E-state index is 0.566. The van der Waals surface area contributed by atoms with Crippen LogP contribution >= 0.6 is 0 Å². The minimum absolute atomic E-state index is 0.566. The van der Waals surface area contributed by atoms with Gasteiger partial charge in [0.15, 0.2) is 0 Å². The summed E-state index contributed by atoms with van der Waals surface area (Å²) in [4.78, 5) is 0. The van der Waals surface area contributed by atoms with Gasteiger partial charge in [-0.2, -0.15) is 5.26 Å². The van der Waals surface area contributed by atoms with Crippen LogP contribution in [0.15, 0.2) is 18.3 Å². The first-order chi connectivity index (χ1) is 6.81. The summed E-state index contributed by atoms with van der Waals surface area (Å²) in [6.45, 7) is 2.32. The molecule has 1 aliphatic rings. The number of aromatic nitrogens is 1. The number of hydrogen-bond acceptors (Lipinski definition) is 1. The lowest BCUT2D eigenvalue weighted by Crippen LogP contribution is -2.17. The summed E-state index contributed by atoms with van der Waals surface area (Å²) >= 11 is 0. The van der Waals surface area contributed by atoms with Crippen LogP contribution in [0.3, 0.4) is 0 Å². The molecular formula is C12H16N2. The summed E-state index contributed by atoms with van der Waals surface area (Å²) in [6, 6.07) is 6.68. The number of hydrogen-bond donors (Lipinski definition) is 0. The van der Waals surface area contributed by atoms with Crippen LogP contribution in [0.25, 0.3) is 0 Å². The lowest BCUT2D eigenvalue weighted by atomic mass is 9.87. The van der Waals surface area contributed by atoms with E-state index in [1.54, 1.807) is 0 Å². The maximum absolute atomic E-state index is 8.92. The van der Waals surface area contributed by atoms with Crippen molar-refractivity contribution in [3.63, 3.8) is 0 Å². The molecule has 14 heavy (non-hydrogen) atoms. The molecule has 0 amide bonds. The van der Waals surface area contributed by atoms with Gasteiger partial charge in [-0.15, -0.1) is 0 Å². The lowest BCUT2D eigenvalue weighted by Gasteiger charge is -2.27. The molecule has 1 aliphatic carbocycles. The van der Waals surface area contributed by atoms with E-state index in [-0.39, 0.29) is 0 Å². The average molecular weight is 188 g/mol. The Balaban J connectivity index is 2.13. The van der Waals surface area contributed by atoms with Crippen molar-refractivity contribution in [1.29, 1.82) is 5.26 Å². The van der Waals surface area contributed by atoms with Gasteiger partial charge in [0.05, 0.1) is 0 Å². The largest absolute Gasteiger partial charge is 0.336 e. The Morgan fingerprint density at radius 3 is 2.71 bits per heavy atom. The fourth-order valence-electron chi connectivity index (χ4n) is 2.33. The van der Waals surface area contributed by atoms with Crippen LogP contribution in [-0.4, -0.2) is 4.57 Å². The van der Waals surface area contributed by atoms with Crippen molar-refractivity contribution in [3.8, 4) is 6.07 Å². The number of rotatable bonds is 1. The van der Waals surface area contributed by atoms with Crippen molar-refractivity contribution in [2.75, 3.05) is 0 Å². The topological polar surface area (TPSA) is 28.7 Å². The Morgan fingerprint density at radius 2 is 2.07 bits per heavy atom. The third-order valence-electron chi connectivity index (χ3n) is 3.27. The Bertz CT molecular complexity index is 337. The molecule has 0 aliphatic heterocycles. The Kier molecular flexibility index (Phi) is 2.58. The predicted octanol–water partition coefficient (Wildman–Crippen LogP) is 3.11. The molecule has 0 bridgehead atoms. The van der Waals surface area contributed by atoms with Crippen LogP contribution in [0.2, 0.25) is 0 Å². The van der Waals surface area contributed by atoms with Crippen LogP contribution in [0, 0.1) is 17.2 Å². The zero-order valence-electron chi connectivity index (χ0n) is 8.61. The van der Waals surface area contributed by atoms with E-state index in [0.29, 0.717) is 6.04 Å².